The largest absolute Gasteiger partial charge is 0.313 e. The fourth-order valence-electron chi connectivity index (χ4n) is 2.17. The minimum absolute atomic E-state index is 0.230. The first-order chi connectivity index (χ1) is 8.49. The van der Waals surface area contributed by atoms with E-state index in [1.54, 1.807) is 6.08 Å². The lowest BCUT2D eigenvalue weighted by Crippen LogP contribution is -2.19. The predicted octanol–water partition coefficient (Wildman–Crippen LogP) is 3.27. The molecule has 0 aliphatic rings. The Kier molecular flexibility index (Phi) is 5.29. The van der Waals surface area contributed by atoms with E-state index in [0.717, 1.165) is 23.2 Å². The summed E-state index contributed by atoms with van der Waals surface area (Å²) in [5.41, 5.74) is 5.53. The van der Waals surface area contributed by atoms with Gasteiger partial charge in [0.25, 0.3) is 0 Å². The predicted molar refractivity (Wildman–Crippen MR) is 77.4 cm³/mol. The van der Waals surface area contributed by atoms with Gasteiger partial charge in [-0.1, -0.05) is 12.1 Å². The van der Waals surface area contributed by atoms with Crippen molar-refractivity contribution >= 4 is 5.78 Å². The summed E-state index contributed by atoms with van der Waals surface area (Å²) in [6.07, 6.45) is 2.34. The molecule has 0 amide bonds. The van der Waals surface area contributed by atoms with E-state index in [1.165, 1.54) is 11.1 Å². The summed E-state index contributed by atoms with van der Waals surface area (Å²) in [4.78, 5) is 12.3. The van der Waals surface area contributed by atoms with Crippen molar-refractivity contribution in [2.75, 3.05) is 13.1 Å². The summed E-state index contributed by atoms with van der Waals surface area (Å²) < 4.78 is 0. The highest BCUT2D eigenvalue weighted by atomic mass is 16.1. The number of hydrogen-bond donors (Lipinski definition) is 1. The van der Waals surface area contributed by atoms with E-state index in [0.29, 0.717) is 13.0 Å². The zero-order valence-electron chi connectivity index (χ0n) is 11.9. The molecule has 0 aliphatic heterocycles. The highest BCUT2D eigenvalue weighted by Gasteiger charge is 2.15. The van der Waals surface area contributed by atoms with E-state index in [9.17, 15) is 4.79 Å². The monoisotopic (exact) mass is 245 g/mol. The van der Waals surface area contributed by atoms with Gasteiger partial charge in [-0.2, -0.15) is 0 Å². The van der Waals surface area contributed by atoms with Crippen molar-refractivity contribution in [3.8, 4) is 0 Å². The molecule has 1 N–H and O–H groups in total. The van der Waals surface area contributed by atoms with Crippen LogP contribution in [0.3, 0.4) is 0 Å². The average Bonchev–Trinajstić information content (AvgIpc) is 2.32. The van der Waals surface area contributed by atoms with Gasteiger partial charge in [0.1, 0.15) is 0 Å². The molecule has 0 atom stereocenters. The van der Waals surface area contributed by atoms with Gasteiger partial charge in [-0.25, -0.2) is 0 Å². The summed E-state index contributed by atoms with van der Waals surface area (Å²) in [6.45, 7) is 13.3. The van der Waals surface area contributed by atoms with Crippen LogP contribution in [0.25, 0.3) is 0 Å². The topological polar surface area (TPSA) is 29.1 Å². The van der Waals surface area contributed by atoms with Crippen LogP contribution in [0.15, 0.2) is 18.7 Å². The number of rotatable bonds is 6. The Morgan fingerprint density at radius 1 is 1.22 bits per heavy atom. The third-order valence-electron chi connectivity index (χ3n) is 3.46. The lowest BCUT2D eigenvalue weighted by molar-refractivity contribution is 0.0981. The normalized spacial score (nSPS) is 10.4. The standard InChI is InChI=1S/C16H23NO/c1-6-8-17-9-7-15(18)16-13(4)11(2)10-12(3)14(16)5/h6,10,17H,1,7-9H2,2-5H3. The molecule has 0 radical (unpaired) electrons. The molecule has 0 aliphatic carbocycles. The van der Waals surface area contributed by atoms with E-state index in [-0.39, 0.29) is 5.78 Å². The molecule has 1 aromatic carbocycles. The minimum atomic E-state index is 0.230. The van der Waals surface area contributed by atoms with Crippen molar-refractivity contribution in [3.05, 3.63) is 46.5 Å². The molecule has 0 unspecified atom stereocenters. The van der Waals surface area contributed by atoms with E-state index in [1.807, 2.05) is 13.8 Å². The van der Waals surface area contributed by atoms with Gasteiger partial charge in [0, 0.05) is 25.1 Å². The minimum Gasteiger partial charge on any atom is -0.313 e. The summed E-state index contributed by atoms with van der Waals surface area (Å²) in [5.74, 6) is 0.230. The first-order valence-corrected chi connectivity index (χ1v) is 6.41. The second-order valence-electron chi connectivity index (χ2n) is 4.80. The number of Topliss-reactive ketones (excluding diaryl/α,β-unsaturated/α-hetero) is 1. The number of carbonyl (C=O) groups is 1. The van der Waals surface area contributed by atoms with E-state index < -0.39 is 0 Å². The first kappa shape index (κ1) is 14.7. The van der Waals surface area contributed by atoms with Crippen LogP contribution in [0.1, 0.15) is 39.0 Å². The Bertz CT molecular complexity index is 434. The van der Waals surface area contributed by atoms with Gasteiger partial charge >= 0.3 is 0 Å². The van der Waals surface area contributed by atoms with Gasteiger partial charge in [-0.15, -0.1) is 6.58 Å². The van der Waals surface area contributed by atoms with Gasteiger partial charge in [-0.05, 0) is 49.9 Å². The second kappa shape index (κ2) is 6.50. The number of aryl methyl sites for hydroxylation is 2. The first-order valence-electron chi connectivity index (χ1n) is 6.41. The van der Waals surface area contributed by atoms with Crippen LogP contribution < -0.4 is 5.32 Å². The van der Waals surface area contributed by atoms with Crippen LogP contribution in [-0.2, 0) is 0 Å². The molecule has 98 valence electrons. The van der Waals surface area contributed by atoms with Gasteiger partial charge in [0.15, 0.2) is 5.78 Å². The smallest absolute Gasteiger partial charge is 0.164 e. The van der Waals surface area contributed by atoms with E-state index in [2.05, 4.69) is 31.8 Å². The maximum Gasteiger partial charge on any atom is 0.164 e. The SMILES string of the molecule is C=CCNCCC(=O)c1c(C)c(C)cc(C)c1C. The maximum atomic E-state index is 12.3. The molecule has 1 aromatic rings. The molecule has 0 aromatic heterocycles. The molecular weight excluding hydrogens is 222 g/mol. The number of ketones is 1. The van der Waals surface area contributed by atoms with Gasteiger partial charge in [0.05, 0.1) is 0 Å². The molecule has 0 saturated carbocycles. The second-order valence-corrected chi connectivity index (χ2v) is 4.80. The number of nitrogens with one attached hydrogen (secondary N) is 1. The molecule has 0 spiro atoms. The fourth-order valence-corrected chi connectivity index (χ4v) is 2.17. The fraction of sp³-hybridized carbons (Fsp3) is 0.438. The van der Waals surface area contributed by atoms with Crippen molar-refractivity contribution in [1.82, 2.24) is 5.32 Å². The number of hydrogen-bond acceptors (Lipinski definition) is 2. The highest BCUT2D eigenvalue weighted by Crippen LogP contribution is 2.22. The molecule has 1 rings (SSSR count). The zero-order valence-corrected chi connectivity index (χ0v) is 11.9. The van der Waals surface area contributed by atoms with E-state index >= 15 is 0 Å². The lowest BCUT2D eigenvalue weighted by atomic mass is 9.91. The Morgan fingerprint density at radius 2 is 1.78 bits per heavy atom. The van der Waals surface area contributed by atoms with Crippen molar-refractivity contribution < 1.29 is 4.79 Å². The molecule has 18 heavy (non-hydrogen) atoms. The molecule has 0 saturated heterocycles. The Morgan fingerprint density at radius 3 is 2.28 bits per heavy atom. The van der Waals surface area contributed by atoms with Gasteiger partial charge < -0.3 is 5.32 Å². The Labute approximate surface area is 110 Å². The molecular formula is C16H23NO. The van der Waals surface area contributed by atoms with Crippen LogP contribution in [0.4, 0.5) is 0 Å². The van der Waals surface area contributed by atoms with Gasteiger partial charge in [-0.3, -0.25) is 4.79 Å². The third kappa shape index (κ3) is 3.30. The van der Waals surface area contributed by atoms with Gasteiger partial charge in [0.2, 0.25) is 0 Å². The maximum absolute atomic E-state index is 12.3. The number of carbonyl (C=O) groups excluding carboxylic acids is 1. The Hall–Kier alpha value is -1.41. The highest BCUT2D eigenvalue weighted by molar-refractivity contribution is 5.99. The lowest BCUT2D eigenvalue weighted by Gasteiger charge is -2.14. The number of benzene rings is 1. The van der Waals surface area contributed by atoms with Crippen LogP contribution in [0.5, 0.6) is 0 Å². The van der Waals surface area contributed by atoms with Crippen LogP contribution in [0.2, 0.25) is 0 Å². The Balaban J connectivity index is 2.88. The molecule has 0 bridgehead atoms. The summed E-state index contributed by atoms with van der Waals surface area (Å²) in [7, 11) is 0. The average molecular weight is 245 g/mol. The molecule has 2 heteroatoms. The van der Waals surface area contributed by atoms with Crippen molar-refractivity contribution in [1.29, 1.82) is 0 Å². The molecule has 2 nitrogen and oxygen atoms in total. The quantitative estimate of drug-likeness (QED) is 0.473. The summed E-state index contributed by atoms with van der Waals surface area (Å²) in [5, 5.41) is 3.16. The molecule has 0 fully saturated rings. The van der Waals surface area contributed by atoms with Crippen LogP contribution in [-0.4, -0.2) is 18.9 Å². The summed E-state index contributed by atoms with van der Waals surface area (Å²) >= 11 is 0. The van der Waals surface area contributed by atoms with E-state index in [4.69, 9.17) is 0 Å². The van der Waals surface area contributed by atoms with Crippen LogP contribution in [0, 0.1) is 27.7 Å². The molecule has 0 heterocycles. The third-order valence-corrected chi connectivity index (χ3v) is 3.46. The van der Waals surface area contributed by atoms with Crippen molar-refractivity contribution in [3.63, 3.8) is 0 Å². The zero-order chi connectivity index (χ0) is 13.7. The van der Waals surface area contributed by atoms with Crippen molar-refractivity contribution in [2.45, 2.75) is 34.1 Å². The van der Waals surface area contributed by atoms with Crippen molar-refractivity contribution in [2.24, 2.45) is 0 Å². The summed E-state index contributed by atoms with van der Waals surface area (Å²) in [6, 6.07) is 2.15. The van der Waals surface area contributed by atoms with Crippen LogP contribution >= 0.6 is 0 Å².